The Kier molecular flexibility index (Phi) is 18.0. The van der Waals surface area contributed by atoms with Gasteiger partial charge in [0.2, 0.25) is 0 Å². The summed E-state index contributed by atoms with van der Waals surface area (Å²) in [5.41, 5.74) is 31.0. The minimum absolute atomic E-state index is 0.0714. The Morgan fingerprint density at radius 3 is 0.887 bits per heavy atom. The van der Waals surface area contributed by atoms with Gasteiger partial charge in [0.15, 0.2) is 0 Å². The van der Waals surface area contributed by atoms with Gasteiger partial charge in [-0.15, -0.1) is 0 Å². The first kappa shape index (κ1) is 73.8. The predicted molar refractivity (Wildman–Crippen MR) is 492 cm³/mol. The van der Waals surface area contributed by atoms with Gasteiger partial charge in [0, 0.05) is 94.3 Å². The number of hydrogen-bond donors (Lipinski definition) is 0. The van der Waals surface area contributed by atoms with Crippen molar-refractivity contribution in [1.29, 1.82) is 0 Å². The van der Waals surface area contributed by atoms with E-state index in [2.05, 4.69) is 456 Å². The van der Waals surface area contributed by atoms with Crippen LogP contribution in [0.15, 0.2) is 338 Å². The van der Waals surface area contributed by atoms with Crippen molar-refractivity contribution in [2.75, 3.05) is 9.80 Å². The van der Waals surface area contributed by atoms with Gasteiger partial charge in [-0.05, 0) is 204 Å². The molecule has 566 valence electrons. The van der Waals surface area contributed by atoms with E-state index >= 15 is 0 Å². The van der Waals surface area contributed by atoms with E-state index < -0.39 is 0 Å². The first-order valence-corrected chi connectivity index (χ1v) is 40.8. The highest BCUT2D eigenvalue weighted by molar-refractivity contribution is 6.13. The largest absolute Gasteiger partial charge is 0.456 e. The third kappa shape index (κ3) is 13.5. The van der Waals surface area contributed by atoms with Crippen molar-refractivity contribution in [3.05, 3.63) is 361 Å². The summed E-state index contributed by atoms with van der Waals surface area (Å²) < 4.78 is 12.1. The lowest BCUT2D eigenvalue weighted by Gasteiger charge is -2.34. The highest BCUT2D eigenvalue weighted by Gasteiger charge is 2.32. The Morgan fingerprint density at radius 1 is 0.226 bits per heavy atom. The molecule has 0 saturated heterocycles. The van der Waals surface area contributed by atoms with E-state index in [1.807, 2.05) is 0 Å². The van der Waals surface area contributed by atoms with Crippen LogP contribution in [0.5, 0.6) is 0 Å². The average Bonchev–Trinajstić information content (AvgIpc) is 1.59. The van der Waals surface area contributed by atoms with Gasteiger partial charge in [-0.1, -0.05) is 316 Å². The molecule has 0 aliphatic rings. The van der Waals surface area contributed by atoms with Crippen molar-refractivity contribution in [3.63, 3.8) is 0 Å². The molecule has 3 heterocycles. The van der Waals surface area contributed by atoms with Gasteiger partial charge in [0.05, 0.1) is 33.4 Å². The van der Waals surface area contributed by atoms with Crippen LogP contribution in [0.2, 0.25) is 0 Å². The summed E-state index contributed by atoms with van der Waals surface area (Å²) in [6.07, 6.45) is 0. The first-order valence-electron chi connectivity index (χ1n) is 40.8. The van der Waals surface area contributed by atoms with E-state index in [9.17, 15) is 0 Å². The van der Waals surface area contributed by atoms with Gasteiger partial charge < -0.3 is 23.4 Å². The van der Waals surface area contributed by atoms with E-state index in [1.165, 1.54) is 43.8 Å². The second-order valence-corrected chi connectivity index (χ2v) is 36.7. The predicted octanol–water partition coefficient (Wildman–Crippen LogP) is 31.5. The molecule has 0 bridgehead atoms. The molecule has 0 unspecified atom stereocenters. The summed E-state index contributed by atoms with van der Waals surface area (Å²) in [7, 11) is 0. The fourth-order valence-corrected chi connectivity index (χ4v) is 17.4. The molecule has 15 aromatic carbocycles. The van der Waals surface area contributed by atoms with Gasteiger partial charge in [0.1, 0.15) is 11.2 Å². The lowest BCUT2D eigenvalue weighted by atomic mass is 9.83. The number of nitrogens with zero attached hydrogens (tertiary/aromatic N) is 4. The number of aromatic nitrogens is 2. The summed E-state index contributed by atoms with van der Waals surface area (Å²) in [6.45, 7) is 34.8. The molecule has 0 aliphatic heterocycles. The van der Waals surface area contributed by atoms with Gasteiger partial charge >= 0.3 is 0 Å². The molecule has 0 fully saturated rings. The number of hydrogen-bond acceptors (Lipinski definition) is 3. The third-order valence-corrected chi connectivity index (χ3v) is 23.6. The zero-order chi connectivity index (χ0) is 79.6. The lowest BCUT2D eigenvalue weighted by Crippen LogP contribution is -2.17. The molecule has 18 rings (SSSR count). The van der Waals surface area contributed by atoms with Crippen LogP contribution in [-0.2, 0) is 27.1 Å². The monoisotopic (exact) mass is 1490 g/mol. The quantitative estimate of drug-likeness (QED) is 0.115. The summed E-state index contributed by atoms with van der Waals surface area (Å²) >= 11 is 0. The molecular formula is C110H100N4O. The Balaban J connectivity index is 0.997. The molecule has 5 heteroatoms. The molecule has 0 amide bonds. The van der Waals surface area contributed by atoms with Crippen molar-refractivity contribution in [2.45, 2.75) is 131 Å². The minimum atomic E-state index is -0.329. The number of anilines is 6. The maximum Gasteiger partial charge on any atom is 0.139 e. The second kappa shape index (κ2) is 28.1. The average molecular weight is 1490 g/mol. The molecule has 0 spiro atoms. The fraction of sp³-hybridized carbons (Fsp3) is 0.182. The SMILES string of the molecule is CC(C)(C)c1ccc2c(c1)c1cc(C(C)(C)C)ccc1n2-c1cccc(N(c2cc(-c3cc(C(C)(C)C)c4oc5ccccc5c4c3)cc(N(c3cccc(-n4c5ccc(C(C)(C)C)cc5c5cc(C(C)(C)C)ccc54)c3)c3c(-c4ccccc4)cccc3-c3ccccc3)c2)c2c(-c3ccccc3)cccc2-c2ccccc2)c1. The standard InChI is InChI=1S/C110H100N4O/c1-106(2,3)77-52-56-98-92(64-77)93-65-78(107(4,5)6)53-57-99(93)113(98)83-44-30-42-81(68-83)111(103-87(71-34-20-16-21-35-71)47-32-48-88(103)72-36-22-17-23-37-72)85-60-75(76-62-96-91-46-28-29-51-102(91)115-105(96)97(63-76)110(13,14)15)61-86(70-85)112(104-89(73-38-24-18-25-39-73)49-33-50-90(104)74-40-26-19-27-41-74)82-43-31-45-84(69-82)114-100-58-54-79(108(7,8)9)66-94(100)95-67-80(109(10,11)12)55-59-101(95)114/h16-70H,1-15H3. The zero-order valence-electron chi connectivity index (χ0n) is 69.0. The van der Waals surface area contributed by atoms with Crippen molar-refractivity contribution < 1.29 is 4.42 Å². The summed E-state index contributed by atoms with van der Waals surface area (Å²) in [5.74, 6) is 0. The second-order valence-electron chi connectivity index (χ2n) is 36.7. The van der Waals surface area contributed by atoms with Crippen molar-refractivity contribution in [3.8, 4) is 67.0 Å². The van der Waals surface area contributed by atoms with E-state index in [1.54, 1.807) is 0 Å². The number of fused-ring (bicyclic) bond motifs is 9. The van der Waals surface area contributed by atoms with Gasteiger partial charge in [-0.2, -0.15) is 0 Å². The van der Waals surface area contributed by atoms with E-state index in [-0.39, 0.29) is 27.1 Å². The summed E-state index contributed by atoms with van der Waals surface area (Å²) in [6, 6.07) is 126. The van der Waals surface area contributed by atoms with Crippen molar-refractivity contribution in [2.24, 2.45) is 0 Å². The molecule has 0 saturated carbocycles. The van der Waals surface area contributed by atoms with Crippen LogP contribution in [0.4, 0.5) is 34.1 Å². The van der Waals surface area contributed by atoms with Crippen LogP contribution < -0.4 is 9.80 Å². The van der Waals surface area contributed by atoms with Gasteiger partial charge in [-0.3, -0.25) is 0 Å². The highest BCUT2D eigenvalue weighted by Crippen LogP contribution is 2.54. The minimum Gasteiger partial charge on any atom is -0.456 e. The summed E-state index contributed by atoms with van der Waals surface area (Å²) in [5, 5.41) is 7.11. The molecule has 115 heavy (non-hydrogen) atoms. The molecule has 5 nitrogen and oxygen atoms in total. The van der Waals surface area contributed by atoms with Crippen LogP contribution in [-0.4, -0.2) is 9.13 Å². The van der Waals surface area contributed by atoms with E-state index in [4.69, 9.17) is 4.42 Å². The molecule has 18 aromatic rings. The van der Waals surface area contributed by atoms with Crippen LogP contribution in [0.25, 0.3) is 133 Å². The molecular weight excluding hydrogens is 1390 g/mol. The number of furan rings is 1. The van der Waals surface area contributed by atoms with Gasteiger partial charge in [-0.25, -0.2) is 0 Å². The van der Waals surface area contributed by atoms with Crippen molar-refractivity contribution >= 4 is 99.7 Å². The smallest absolute Gasteiger partial charge is 0.139 e. The Bertz CT molecular complexity index is 6170. The lowest BCUT2D eigenvalue weighted by molar-refractivity contribution is 0.573. The third-order valence-electron chi connectivity index (χ3n) is 23.6. The van der Waals surface area contributed by atoms with E-state index in [0.717, 1.165) is 151 Å². The molecule has 0 atom stereocenters. The van der Waals surface area contributed by atoms with Crippen LogP contribution >= 0.6 is 0 Å². The maximum absolute atomic E-state index is 7.03. The molecule has 3 aromatic heterocycles. The first-order chi connectivity index (χ1) is 55.2. The van der Waals surface area contributed by atoms with Crippen LogP contribution in [0.3, 0.4) is 0 Å². The number of rotatable bonds is 13. The van der Waals surface area contributed by atoms with Crippen molar-refractivity contribution in [1.82, 2.24) is 9.13 Å². The number of para-hydroxylation sites is 3. The fourth-order valence-electron chi connectivity index (χ4n) is 17.4. The number of benzene rings is 15. The Morgan fingerprint density at radius 2 is 0.548 bits per heavy atom. The molecule has 0 aliphatic carbocycles. The van der Waals surface area contributed by atoms with E-state index in [0.29, 0.717) is 0 Å². The molecule has 0 radical (unpaired) electrons. The van der Waals surface area contributed by atoms with Gasteiger partial charge in [0.25, 0.3) is 0 Å². The van der Waals surface area contributed by atoms with Crippen LogP contribution in [0.1, 0.15) is 132 Å². The normalized spacial score (nSPS) is 12.5. The summed E-state index contributed by atoms with van der Waals surface area (Å²) in [4.78, 5) is 5.18. The molecule has 0 N–H and O–H groups in total. The zero-order valence-corrected chi connectivity index (χ0v) is 69.0. The van der Waals surface area contributed by atoms with Crippen LogP contribution in [0, 0.1) is 0 Å². The Labute approximate surface area is 678 Å². The topological polar surface area (TPSA) is 29.5 Å². The maximum atomic E-state index is 7.03. The highest BCUT2D eigenvalue weighted by atomic mass is 16.3. The Hall–Kier alpha value is -12.7.